The third kappa shape index (κ3) is 4.30. The van der Waals surface area contributed by atoms with Crippen LogP contribution in [0.4, 0.5) is 5.69 Å². The first kappa shape index (κ1) is 20.2. The summed E-state index contributed by atoms with van der Waals surface area (Å²) in [5, 5.41) is 4.88. The fourth-order valence-electron chi connectivity index (χ4n) is 2.84. The van der Waals surface area contributed by atoms with E-state index >= 15 is 0 Å². The molecule has 0 spiro atoms. The number of hydrogen-bond donors (Lipinski definition) is 1. The summed E-state index contributed by atoms with van der Waals surface area (Å²) in [6.45, 7) is 1.76. The molecule has 7 nitrogen and oxygen atoms in total. The molecule has 0 saturated carbocycles. The van der Waals surface area contributed by atoms with E-state index in [1.165, 1.54) is 4.90 Å². The molecular weight excluding hydrogens is 504 g/mol. The Morgan fingerprint density at radius 1 is 1.15 bits per heavy atom. The van der Waals surface area contributed by atoms with Gasteiger partial charge in [-0.05, 0) is 46.1 Å². The molecule has 0 aromatic heterocycles. The van der Waals surface area contributed by atoms with Crippen LogP contribution in [0.25, 0.3) is 0 Å². The Labute approximate surface area is 173 Å². The Kier molecular flexibility index (Phi) is 5.55. The fraction of sp³-hybridized carbons (Fsp3) is 0.176. The van der Waals surface area contributed by atoms with Gasteiger partial charge < -0.3 is 0 Å². The summed E-state index contributed by atoms with van der Waals surface area (Å²) >= 11 is 6.72. The van der Waals surface area contributed by atoms with Crippen molar-refractivity contribution in [1.82, 2.24) is 0 Å². The number of Topliss-reactive ketones (excluding diaryl/α,β-unsaturated/α-hetero) is 1. The van der Waals surface area contributed by atoms with Gasteiger partial charge in [0.2, 0.25) is 0 Å². The lowest BCUT2D eigenvalue weighted by Gasteiger charge is -2.19. The second-order valence-electron chi connectivity index (χ2n) is 5.98. The average molecular weight is 518 g/mol. The largest absolute Gasteiger partial charge is 0.333 e. The molecular formula is C17H14Br2N2O5S. The number of carbonyl (C=O) groups is 2. The molecule has 1 amide bonds. The van der Waals surface area contributed by atoms with E-state index in [4.69, 9.17) is 9.32 Å². The van der Waals surface area contributed by atoms with E-state index in [1.54, 1.807) is 43.3 Å². The number of fused-ring (bicyclic) bond motifs is 1. The lowest BCUT2D eigenvalue weighted by Crippen LogP contribution is -2.29. The molecule has 0 aliphatic carbocycles. The normalized spacial score (nSPS) is 15.2. The van der Waals surface area contributed by atoms with Crippen LogP contribution in [0.2, 0.25) is 0 Å². The highest BCUT2D eigenvalue weighted by molar-refractivity contribution is 9.11. The van der Waals surface area contributed by atoms with Crippen molar-refractivity contribution < 1.29 is 22.2 Å². The minimum Gasteiger partial charge on any atom is -0.299 e. The van der Waals surface area contributed by atoms with Crippen molar-refractivity contribution in [3.05, 3.63) is 62.0 Å². The number of hydrogen-bond acceptors (Lipinski definition) is 5. The monoisotopic (exact) mass is 516 g/mol. The van der Waals surface area contributed by atoms with Gasteiger partial charge in [-0.15, -0.1) is 0 Å². The number of anilines is 1. The van der Waals surface area contributed by atoms with E-state index in [0.29, 0.717) is 25.8 Å². The summed E-state index contributed by atoms with van der Waals surface area (Å²) in [5.74, 6) is -1.16. The zero-order chi connectivity index (χ0) is 19.9. The van der Waals surface area contributed by atoms with E-state index in [1.807, 2.05) is 0 Å². The summed E-state index contributed by atoms with van der Waals surface area (Å²) < 4.78 is 28.1. The number of ketones is 1. The van der Waals surface area contributed by atoms with E-state index in [2.05, 4.69) is 31.9 Å². The second kappa shape index (κ2) is 7.44. The minimum atomic E-state index is -4.05. The Morgan fingerprint density at radius 2 is 1.78 bits per heavy atom. The molecule has 0 radical (unpaired) electrons. The summed E-state index contributed by atoms with van der Waals surface area (Å²) in [7, 11) is -4.05. The van der Waals surface area contributed by atoms with Gasteiger partial charge in [-0.1, -0.05) is 40.2 Å². The third-order valence-electron chi connectivity index (χ3n) is 4.05. The average Bonchev–Trinajstić information content (AvgIpc) is 2.79. The number of rotatable bonds is 5. The van der Waals surface area contributed by atoms with Gasteiger partial charge >= 0.3 is 10.3 Å². The maximum atomic E-state index is 12.4. The molecule has 0 saturated heterocycles. The van der Waals surface area contributed by atoms with Gasteiger partial charge in [0.1, 0.15) is 6.10 Å². The number of nitrogens with two attached hydrogens (primary N) is 1. The second-order valence-corrected chi connectivity index (χ2v) is 8.93. The van der Waals surface area contributed by atoms with Crippen molar-refractivity contribution in [2.24, 2.45) is 5.14 Å². The molecule has 1 aliphatic heterocycles. The van der Waals surface area contributed by atoms with Crippen LogP contribution in [0.5, 0.6) is 0 Å². The summed E-state index contributed by atoms with van der Waals surface area (Å²) in [5.41, 5.74) is 2.25. The molecule has 2 aromatic carbocycles. The fourth-order valence-corrected chi connectivity index (χ4v) is 4.79. The lowest BCUT2D eigenvalue weighted by atomic mass is 10.1. The Hall–Kier alpha value is -1.59. The highest BCUT2D eigenvalue weighted by Crippen LogP contribution is 2.39. The van der Waals surface area contributed by atoms with Gasteiger partial charge in [0.25, 0.3) is 11.7 Å². The molecule has 1 unspecified atom stereocenters. The zero-order valence-corrected chi connectivity index (χ0v) is 18.0. The van der Waals surface area contributed by atoms with Gasteiger partial charge in [-0.2, -0.15) is 8.42 Å². The molecule has 10 heteroatoms. The summed E-state index contributed by atoms with van der Waals surface area (Å²) in [4.78, 5) is 26.1. The Morgan fingerprint density at radius 3 is 2.37 bits per heavy atom. The summed E-state index contributed by atoms with van der Waals surface area (Å²) in [6, 6.07) is 10.2. The molecule has 0 bridgehead atoms. The molecule has 1 heterocycles. The molecule has 2 N–H and O–H groups in total. The minimum absolute atomic E-state index is 0.197. The van der Waals surface area contributed by atoms with E-state index in [9.17, 15) is 18.0 Å². The zero-order valence-electron chi connectivity index (χ0n) is 14.0. The van der Waals surface area contributed by atoms with E-state index < -0.39 is 28.1 Å². The third-order valence-corrected chi connectivity index (χ3v) is 5.67. The maximum absolute atomic E-state index is 12.4. The van der Waals surface area contributed by atoms with Gasteiger partial charge in [0.05, 0.1) is 17.8 Å². The number of halogens is 2. The molecule has 1 aliphatic rings. The molecule has 142 valence electrons. The quantitative estimate of drug-likeness (QED) is 0.613. The molecule has 1 atom stereocenters. The standard InChI is InChI=1S/C17H14Br2N2O5S/c1-9(26-27(20,24)25)11-4-2-10(3-5-11)8-21-15-13(16(22)17(21)23)6-12(18)7-14(15)19/h2-7,9H,8H2,1H3,(H2,20,24,25). The highest BCUT2D eigenvalue weighted by atomic mass is 79.9. The number of nitrogens with zero attached hydrogens (tertiary/aromatic N) is 1. The van der Waals surface area contributed by atoms with E-state index in [0.717, 1.165) is 5.56 Å². The van der Waals surface area contributed by atoms with Crippen molar-refractivity contribution in [1.29, 1.82) is 0 Å². The van der Waals surface area contributed by atoms with Gasteiger partial charge in [-0.3, -0.25) is 18.7 Å². The Bertz CT molecular complexity index is 1040. The summed E-state index contributed by atoms with van der Waals surface area (Å²) in [6.07, 6.45) is -0.740. The lowest BCUT2D eigenvalue weighted by molar-refractivity contribution is -0.114. The predicted octanol–water partition coefficient (Wildman–Crippen LogP) is 3.22. The van der Waals surface area contributed by atoms with Crippen LogP contribution in [-0.2, 0) is 25.8 Å². The van der Waals surface area contributed by atoms with Gasteiger partial charge in [0, 0.05) is 8.95 Å². The van der Waals surface area contributed by atoms with Crippen molar-refractivity contribution in [3.63, 3.8) is 0 Å². The van der Waals surface area contributed by atoms with Crippen LogP contribution >= 0.6 is 31.9 Å². The Balaban J connectivity index is 1.85. The highest BCUT2D eigenvalue weighted by Gasteiger charge is 2.37. The first-order chi connectivity index (χ1) is 12.6. The van der Waals surface area contributed by atoms with Crippen LogP contribution in [0, 0.1) is 0 Å². The maximum Gasteiger partial charge on any atom is 0.333 e. The first-order valence-corrected chi connectivity index (χ1v) is 10.8. The van der Waals surface area contributed by atoms with Crippen LogP contribution in [0.1, 0.15) is 34.5 Å². The number of benzene rings is 2. The topological polar surface area (TPSA) is 107 Å². The van der Waals surface area contributed by atoms with Crippen molar-refractivity contribution in [3.8, 4) is 0 Å². The van der Waals surface area contributed by atoms with Crippen molar-refractivity contribution in [2.75, 3.05) is 4.90 Å². The molecule has 3 rings (SSSR count). The van der Waals surface area contributed by atoms with Gasteiger partial charge in [0.15, 0.2) is 0 Å². The predicted molar refractivity (Wildman–Crippen MR) is 106 cm³/mol. The molecule has 0 fully saturated rings. The molecule has 27 heavy (non-hydrogen) atoms. The van der Waals surface area contributed by atoms with Crippen LogP contribution < -0.4 is 10.0 Å². The van der Waals surface area contributed by atoms with Crippen LogP contribution in [-0.4, -0.2) is 20.1 Å². The smallest absolute Gasteiger partial charge is 0.299 e. The van der Waals surface area contributed by atoms with Gasteiger partial charge in [-0.25, -0.2) is 5.14 Å². The number of amides is 1. The first-order valence-electron chi connectivity index (χ1n) is 7.72. The SMILES string of the molecule is CC(OS(N)(=O)=O)c1ccc(CN2C(=O)C(=O)c3cc(Br)cc(Br)c32)cc1. The van der Waals surface area contributed by atoms with Crippen LogP contribution in [0.3, 0.4) is 0 Å². The molecule has 2 aromatic rings. The number of carbonyl (C=O) groups excluding carboxylic acids is 2. The van der Waals surface area contributed by atoms with Crippen LogP contribution in [0.15, 0.2) is 45.3 Å². The van der Waals surface area contributed by atoms with E-state index in [-0.39, 0.29) is 6.54 Å². The van der Waals surface area contributed by atoms with Crippen molar-refractivity contribution in [2.45, 2.75) is 19.6 Å². The van der Waals surface area contributed by atoms with Crippen molar-refractivity contribution >= 4 is 59.5 Å².